The van der Waals surface area contributed by atoms with Crippen LogP contribution in [0.15, 0.2) is 48.5 Å². The molecule has 0 saturated heterocycles. The summed E-state index contributed by atoms with van der Waals surface area (Å²) in [5, 5.41) is 12.6. The highest BCUT2D eigenvalue weighted by atomic mass is 16.5. The highest BCUT2D eigenvalue weighted by Gasteiger charge is 2.38. The maximum atomic E-state index is 12.9. The van der Waals surface area contributed by atoms with Crippen molar-refractivity contribution in [3.8, 4) is 11.5 Å². The molecule has 150 valence electrons. The van der Waals surface area contributed by atoms with Gasteiger partial charge in [-0.05, 0) is 44.0 Å². The SMILES string of the molecule is COc1ccc(C(C)(C)C(=O)NCC(C)(C(=O)O)c2ccccc2)cc1OC. The van der Waals surface area contributed by atoms with E-state index >= 15 is 0 Å². The number of carbonyl (C=O) groups excluding carboxylic acids is 1. The van der Waals surface area contributed by atoms with Crippen molar-refractivity contribution in [2.45, 2.75) is 31.6 Å². The molecule has 0 spiro atoms. The molecule has 1 amide bonds. The number of carboxylic acid groups (broad SMARTS) is 1. The van der Waals surface area contributed by atoms with E-state index in [2.05, 4.69) is 5.32 Å². The molecule has 0 aliphatic carbocycles. The van der Waals surface area contributed by atoms with Gasteiger partial charge in [-0.3, -0.25) is 9.59 Å². The van der Waals surface area contributed by atoms with Crippen LogP contribution in [0.3, 0.4) is 0 Å². The van der Waals surface area contributed by atoms with Gasteiger partial charge in [0, 0.05) is 6.54 Å². The molecule has 2 aromatic rings. The zero-order valence-electron chi connectivity index (χ0n) is 16.9. The Hall–Kier alpha value is -3.02. The smallest absolute Gasteiger partial charge is 0.315 e. The predicted octanol–water partition coefficient (Wildman–Crippen LogP) is 3.14. The first-order valence-corrected chi connectivity index (χ1v) is 8.96. The van der Waals surface area contributed by atoms with Crippen molar-refractivity contribution in [3.05, 3.63) is 59.7 Å². The second kappa shape index (κ2) is 8.33. The molecular weight excluding hydrogens is 358 g/mol. The topological polar surface area (TPSA) is 84.9 Å². The number of hydrogen-bond acceptors (Lipinski definition) is 4. The first-order valence-electron chi connectivity index (χ1n) is 8.96. The number of benzene rings is 2. The Balaban J connectivity index is 2.24. The average molecular weight is 385 g/mol. The van der Waals surface area contributed by atoms with E-state index in [1.54, 1.807) is 70.3 Å². The van der Waals surface area contributed by atoms with E-state index in [-0.39, 0.29) is 12.5 Å². The third kappa shape index (κ3) is 4.11. The van der Waals surface area contributed by atoms with Gasteiger partial charge in [-0.1, -0.05) is 36.4 Å². The van der Waals surface area contributed by atoms with Gasteiger partial charge in [-0.15, -0.1) is 0 Å². The monoisotopic (exact) mass is 385 g/mol. The maximum Gasteiger partial charge on any atom is 0.315 e. The summed E-state index contributed by atoms with van der Waals surface area (Å²) < 4.78 is 10.6. The van der Waals surface area contributed by atoms with Gasteiger partial charge in [-0.2, -0.15) is 0 Å². The molecule has 2 rings (SSSR count). The molecule has 1 atom stereocenters. The van der Waals surface area contributed by atoms with Crippen LogP contribution in [0.4, 0.5) is 0 Å². The van der Waals surface area contributed by atoms with E-state index in [9.17, 15) is 14.7 Å². The molecule has 0 aliphatic rings. The van der Waals surface area contributed by atoms with Gasteiger partial charge in [0.1, 0.15) is 5.41 Å². The molecule has 6 heteroatoms. The number of aliphatic carboxylic acids is 1. The summed E-state index contributed by atoms with van der Waals surface area (Å²) in [6, 6.07) is 14.2. The number of carbonyl (C=O) groups is 2. The lowest BCUT2D eigenvalue weighted by atomic mass is 9.80. The molecule has 1 unspecified atom stereocenters. The van der Waals surface area contributed by atoms with Crippen LogP contribution in [-0.2, 0) is 20.4 Å². The zero-order chi connectivity index (χ0) is 20.9. The second-order valence-electron chi connectivity index (χ2n) is 7.38. The Morgan fingerprint density at radius 3 is 2.07 bits per heavy atom. The van der Waals surface area contributed by atoms with Crippen LogP contribution < -0.4 is 14.8 Å². The third-order valence-electron chi connectivity index (χ3n) is 5.16. The molecule has 0 aromatic heterocycles. The number of rotatable bonds is 8. The molecular formula is C22H27NO5. The van der Waals surface area contributed by atoms with Gasteiger partial charge in [0.2, 0.25) is 5.91 Å². The predicted molar refractivity (Wildman–Crippen MR) is 107 cm³/mol. The van der Waals surface area contributed by atoms with E-state index in [0.29, 0.717) is 17.1 Å². The molecule has 0 radical (unpaired) electrons. The minimum Gasteiger partial charge on any atom is -0.493 e. The summed E-state index contributed by atoms with van der Waals surface area (Å²) in [6.07, 6.45) is 0. The Morgan fingerprint density at radius 1 is 0.929 bits per heavy atom. The van der Waals surface area contributed by atoms with Gasteiger partial charge in [0.15, 0.2) is 11.5 Å². The van der Waals surface area contributed by atoms with Crippen molar-refractivity contribution < 1.29 is 24.2 Å². The van der Waals surface area contributed by atoms with Crippen LogP contribution >= 0.6 is 0 Å². The Kier molecular flexibility index (Phi) is 6.33. The highest BCUT2D eigenvalue weighted by Crippen LogP contribution is 2.33. The summed E-state index contributed by atoms with van der Waals surface area (Å²) >= 11 is 0. The number of ether oxygens (including phenoxy) is 2. The second-order valence-corrected chi connectivity index (χ2v) is 7.38. The van der Waals surface area contributed by atoms with Gasteiger partial charge < -0.3 is 19.9 Å². The zero-order valence-corrected chi connectivity index (χ0v) is 16.9. The number of nitrogens with one attached hydrogen (secondary N) is 1. The van der Waals surface area contributed by atoms with Gasteiger partial charge >= 0.3 is 5.97 Å². The van der Waals surface area contributed by atoms with E-state index in [0.717, 1.165) is 5.56 Å². The van der Waals surface area contributed by atoms with Gasteiger partial charge in [0.25, 0.3) is 0 Å². The van der Waals surface area contributed by atoms with Gasteiger partial charge in [0.05, 0.1) is 19.6 Å². The summed E-state index contributed by atoms with van der Waals surface area (Å²) in [6.45, 7) is 5.14. The molecule has 6 nitrogen and oxygen atoms in total. The molecule has 0 fully saturated rings. The summed E-state index contributed by atoms with van der Waals surface area (Å²) in [4.78, 5) is 24.9. The Morgan fingerprint density at radius 2 is 1.54 bits per heavy atom. The largest absolute Gasteiger partial charge is 0.493 e. The molecule has 2 aromatic carbocycles. The van der Waals surface area contributed by atoms with Crippen LogP contribution in [-0.4, -0.2) is 37.7 Å². The van der Waals surface area contributed by atoms with Crippen molar-refractivity contribution in [3.63, 3.8) is 0 Å². The normalized spacial score (nSPS) is 13.3. The first-order chi connectivity index (χ1) is 13.2. The minimum absolute atomic E-state index is 0.0259. The highest BCUT2D eigenvalue weighted by molar-refractivity contribution is 5.89. The van der Waals surface area contributed by atoms with E-state index in [1.165, 1.54) is 7.11 Å². The van der Waals surface area contributed by atoms with E-state index in [1.807, 2.05) is 6.07 Å². The fraction of sp³-hybridized carbons (Fsp3) is 0.364. The Bertz CT molecular complexity index is 847. The van der Waals surface area contributed by atoms with Crippen molar-refractivity contribution >= 4 is 11.9 Å². The maximum absolute atomic E-state index is 12.9. The van der Waals surface area contributed by atoms with Crippen LogP contribution in [0.25, 0.3) is 0 Å². The van der Waals surface area contributed by atoms with Crippen molar-refractivity contribution in [2.75, 3.05) is 20.8 Å². The lowest BCUT2D eigenvalue weighted by Crippen LogP contribution is -2.48. The lowest BCUT2D eigenvalue weighted by molar-refractivity contribution is -0.143. The summed E-state index contributed by atoms with van der Waals surface area (Å²) in [7, 11) is 3.08. The fourth-order valence-corrected chi connectivity index (χ4v) is 2.94. The van der Waals surface area contributed by atoms with Crippen LogP contribution in [0.5, 0.6) is 11.5 Å². The molecule has 2 N–H and O–H groups in total. The molecule has 0 bridgehead atoms. The molecule has 0 saturated carbocycles. The lowest BCUT2D eigenvalue weighted by Gasteiger charge is -2.30. The quantitative estimate of drug-likeness (QED) is 0.729. The number of hydrogen-bond donors (Lipinski definition) is 2. The number of carboxylic acids is 1. The standard InChI is InChI=1S/C22H27NO5/c1-21(2,16-11-12-17(27-4)18(13-16)28-5)19(24)23-14-22(3,20(25)26)15-9-7-6-8-10-15/h6-13H,14H2,1-5H3,(H,23,24)(H,25,26). The first kappa shape index (κ1) is 21.3. The van der Waals surface area contributed by atoms with E-state index in [4.69, 9.17) is 9.47 Å². The van der Waals surface area contributed by atoms with Crippen LogP contribution in [0, 0.1) is 0 Å². The summed E-state index contributed by atoms with van der Waals surface area (Å²) in [5.74, 6) is -0.170. The molecule has 28 heavy (non-hydrogen) atoms. The van der Waals surface area contributed by atoms with Crippen molar-refractivity contribution in [1.29, 1.82) is 0 Å². The van der Waals surface area contributed by atoms with E-state index < -0.39 is 16.8 Å². The minimum atomic E-state index is -1.23. The van der Waals surface area contributed by atoms with Gasteiger partial charge in [-0.25, -0.2) is 0 Å². The molecule has 0 heterocycles. The summed E-state index contributed by atoms with van der Waals surface area (Å²) in [5.41, 5.74) is -0.758. The number of methoxy groups -OCH3 is 2. The third-order valence-corrected chi connectivity index (χ3v) is 5.16. The fourth-order valence-electron chi connectivity index (χ4n) is 2.94. The van der Waals surface area contributed by atoms with Crippen LogP contribution in [0.2, 0.25) is 0 Å². The van der Waals surface area contributed by atoms with Crippen molar-refractivity contribution in [2.24, 2.45) is 0 Å². The Labute approximate surface area is 165 Å². The number of amides is 1. The molecule has 0 aliphatic heterocycles. The van der Waals surface area contributed by atoms with Crippen LogP contribution in [0.1, 0.15) is 31.9 Å². The average Bonchev–Trinajstić information content (AvgIpc) is 2.71. The van der Waals surface area contributed by atoms with Crippen molar-refractivity contribution in [1.82, 2.24) is 5.32 Å².